The molecule has 2 unspecified atom stereocenters. The van der Waals surface area contributed by atoms with Gasteiger partial charge in [0.15, 0.2) is 11.5 Å². The van der Waals surface area contributed by atoms with Crippen LogP contribution in [0.1, 0.15) is 35.6 Å². The van der Waals surface area contributed by atoms with Gasteiger partial charge in [-0.1, -0.05) is 24.3 Å². The van der Waals surface area contributed by atoms with Crippen LogP contribution >= 0.6 is 0 Å². The second kappa shape index (κ2) is 8.53. The summed E-state index contributed by atoms with van der Waals surface area (Å²) in [7, 11) is 0. The van der Waals surface area contributed by atoms with Gasteiger partial charge in [0, 0.05) is 31.6 Å². The van der Waals surface area contributed by atoms with Gasteiger partial charge in [0.2, 0.25) is 0 Å². The predicted octanol–water partition coefficient (Wildman–Crippen LogP) is 3.26. The van der Waals surface area contributed by atoms with E-state index in [4.69, 9.17) is 15.2 Å². The lowest BCUT2D eigenvalue weighted by Gasteiger charge is -2.40. The molecule has 2 aliphatic heterocycles. The number of aromatic hydroxyl groups is 2. The second-order valence-corrected chi connectivity index (χ2v) is 8.06. The molecule has 0 bridgehead atoms. The fraction of sp³-hybridized carbons (Fsp3) is 0.435. The minimum Gasteiger partial charge on any atom is -0.507 e. The number of rotatable bonds is 3. The van der Waals surface area contributed by atoms with Crippen LogP contribution in [0.25, 0.3) is 0 Å². The summed E-state index contributed by atoms with van der Waals surface area (Å²) in [4.78, 5) is 14.1. The van der Waals surface area contributed by atoms with E-state index in [0.717, 1.165) is 29.5 Å². The zero-order chi connectivity index (χ0) is 21.3. The number of hydrogen-bond acceptors (Lipinski definition) is 6. The summed E-state index contributed by atoms with van der Waals surface area (Å²) in [5, 5.41) is 20.4. The molecule has 30 heavy (non-hydrogen) atoms. The van der Waals surface area contributed by atoms with Crippen LogP contribution in [0.4, 0.5) is 4.79 Å². The summed E-state index contributed by atoms with van der Waals surface area (Å²) in [6, 6.07) is 10.3. The highest BCUT2D eigenvalue weighted by Gasteiger charge is 2.36. The van der Waals surface area contributed by atoms with Crippen LogP contribution in [0.15, 0.2) is 36.4 Å². The molecule has 2 aliphatic rings. The molecule has 1 fully saturated rings. The van der Waals surface area contributed by atoms with Gasteiger partial charge >= 0.3 is 6.09 Å². The van der Waals surface area contributed by atoms with Crippen LogP contribution in [0.5, 0.6) is 17.2 Å². The lowest BCUT2D eigenvalue weighted by atomic mass is 9.83. The van der Waals surface area contributed by atoms with Crippen molar-refractivity contribution in [3.63, 3.8) is 0 Å². The molecule has 0 saturated carbocycles. The maximum atomic E-state index is 12.5. The quantitative estimate of drug-likeness (QED) is 0.715. The summed E-state index contributed by atoms with van der Waals surface area (Å²) in [5.41, 5.74) is 8.71. The Balaban J connectivity index is 1.40. The van der Waals surface area contributed by atoms with Gasteiger partial charge in [-0.25, -0.2) is 4.79 Å². The first kappa shape index (κ1) is 20.5. The molecule has 160 valence electrons. The molecular formula is C23H28N2O5. The van der Waals surface area contributed by atoms with Crippen molar-refractivity contribution >= 4 is 6.09 Å². The Morgan fingerprint density at radius 1 is 1.20 bits per heavy atom. The summed E-state index contributed by atoms with van der Waals surface area (Å²) in [6.07, 6.45) is 1.47. The first-order valence-electron chi connectivity index (χ1n) is 10.4. The second-order valence-electron chi connectivity index (χ2n) is 8.06. The molecule has 0 aliphatic carbocycles. The molecule has 2 heterocycles. The maximum absolute atomic E-state index is 12.5. The highest BCUT2D eigenvalue weighted by Crippen LogP contribution is 2.40. The van der Waals surface area contributed by atoms with Crippen LogP contribution in [-0.4, -0.2) is 46.9 Å². The molecule has 1 saturated heterocycles. The Hall–Kier alpha value is -2.77. The third kappa shape index (κ3) is 3.95. The van der Waals surface area contributed by atoms with Crippen LogP contribution < -0.4 is 10.5 Å². The van der Waals surface area contributed by atoms with Gasteiger partial charge in [-0.15, -0.1) is 0 Å². The maximum Gasteiger partial charge on any atom is 0.415 e. The topological polar surface area (TPSA) is 105 Å². The largest absolute Gasteiger partial charge is 0.507 e. The summed E-state index contributed by atoms with van der Waals surface area (Å²) in [6.45, 7) is 3.36. The molecule has 0 aromatic heterocycles. The van der Waals surface area contributed by atoms with E-state index in [1.807, 2.05) is 19.1 Å². The Bertz CT molecular complexity index is 924. The van der Waals surface area contributed by atoms with Crippen molar-refractivity contribution in [3.8, 4) is 17.2 Å². The number of fused-ring (bicyclic) bond motifs is 1. The number of phenols is 2. The highest BCUT2D eigenvalue weighted by molar-refractivity contribution is 5.71. The van der Waals surface area contributed by atoms with Gasteiger partial charge < -0.3 is 30.3 Å². The smallest absolute Gasteiger partial charge is 0.415 e. The molecule has 2 atom stereocenters. The third-order valence-electron chi connectivity index (χ3n) is 6.21. The van der Waals surface area contributed by atoms with Gasteiger partial charge in [0.05, 0.1) is 12.2 Å². The van der Waals surface area contributed by atoms with Crippen LogP contribution in [0, 0.1) is 12.8 Å². The molecule has 7 heteroatoms. The number of phenolic OH excluding ortho intramolecular Hbond substituents is 2. The Kier molecular flexibility index (Phi) is 5.83. The number of nitrogens with zero attached hydrogens (tertiary/aromatic N) is 1. The zero-order valence-corrected chi connectivity index (χ0v) is 17.1. The Morgan fingerprint density at radius 3 is 2.63 bits per heavy atom. The van der Waals surface area contributed by atoms with Crippen molar-refractivity contribution < 1.29 is 24.5 Å². The number of ether oxygens (including phenoxy) is 2. The minimum atomic E-state index is -0.460. The number of aryl methyl sites for hydroxylation is 1. The normalized spacial score (nSPS) is 21.9. The SMILES string of the molecule is Cc1ccc2c(c1O)CC(C1CCN(C(=O)Oc3ccccc3O)CC1)OC2CN. The number of carbonyl (C=O) groups is 1. The standard InChI is InChI=1S/C23H28N2O5/c1-14-6-7-16-17(22(14)27)12-20(29-21(16)13-24)15-8-10-25(11-9-15)23(28)30-19-5-3-2-4-18(19)26/h2-7,15,20-21,26-27H,8-13,24H2,1H3. The Morgan fingerprint density at radius 2 is 1.93 bits per heavy atom. The molecule has 4 rings (SSSR count). The average molecular weight is 412 g/mol. The number of para-hydroxylation sites is 2. The molecule has 2 aromatic rings. The van der Waals surface area contributed by atoms with Gasteiger partial charge in [0.25, 0.3) is 0 Å². The van der Waals surface area contributed by atoms with Crippen molar-refractivity contribution in [2.45, 2.75) is 38.4 Å². The third-order valence-corrected chi connectivity index (χ3v) is 6.21. The number of hydrogen-bond donors (Lipinski definition) is 3. The number of piperidine rings is 1. The van der Waals surface area contributed by atoms with Gasteiger partial charge in [-0.2, -0.15) is 0 Å². The van der Waals surface area contributed by atoms with E-state index < -0.39 is 6.09 Å². The summed E-state index contributed by atoms with van der Waals surface area (Å²) in [5.74, 6) is 0.704. The van der Waals surface area contributed by atoms with Crippen LogP contribution in [0.2, 0.25) is 0 Å². The predicted molar refractivity (Wildman–Crippen MR) is 112 cm³/mol. The monoisotopic (exact) mass is 412 g/mol. The zero-order valence-electron chi connectivity index (χ0n) is 17.1. The Labute approximate surface area is 176 Å². The molecule has 7 nitrogen and oxygen atoms in total. The first-order valence-corrected chi connectivity index (χ1v) is 10.4. The molecule has 2 aromatic carbocycles. The van der Waals surface area contributed by atoms with E-state index in [1.54, 1.807) is 23.1 Å². The van der Waals surface area contributed by atoms with Crippen LogP contribution in [0.3, 0.4) is 0 Å². The number of carbonyl (C=O) groups excluding carboxylic acids is 1. The molecule has 0 spiro atoms. The number of amides is 1. The van der Waals surface area contributed by atoms with E-state index in [0.29, 0.717) is 31.8 Å². The van der Waals surface area contributed by atoms with Gasteiger partial charge in [-0.3, -0.25) is 0 Å². The van der Waals surface area contributed by atoms with Crippen molar-refractivity contribution in [1.29, 1.82) is 0 Å². The lowest BCUT2D eigenvalue weighted by Crippen LogP contribution is -2.45. The van der Waals surface area contributed by atoms with Crippen molar-refractivity contribution in [1.82, 2.24) is 4.90 Å². The first-order chi connectivity index (χ1) is 14.5. The lowest BCUT2D eigenvalue weighted by molar-refractivity contribution is -0.0633. The van der Waals surface area contributed by atoms with Crippen molar-refractivity contribution in [3.05, 3.63) is 53.1 Å². The van der Waals surface area contributed by atoms with Crippen molar-refractivity contribution in [2.75, 3.05) is 19.6 Å². The summed E-state index contributed by atoms with van der Waals surface area (Å²) < 4.78 is 11.6. The van der Waals surface area contributed by atoms with E-state index in [2.05, 4.69) is 0 Å². The van der Waals surface area contributed by atoms with Crippen molar-refractivity contribution in [2.24, 2.45) is 11.7 Å². The molecular weight excluding hydrogens is 384 g/mol. The van der Waals surface area contributed by atoms with Gasteiger partial charge in [0.1, 0.15) is 5.75 Å². The van der Waals surface area contributed by atoms with Crippen LogP contribution in [-0.2, 0) is 11.2 Å². The fourth-order valence-corrected chi connectivity index (χ4v) is 4.44. The highest BCUT2D eigenvalue weighted by atomic mass is 16.6. The summed E-state index contributed by atoms with van der Waals surface area (Å²) >= 11 is 0. The van der Waals surface area contributed by atoms with E-state index in [-0.39, 0.29) is 29.6 Å². The molecule has 0 radical (unpaired) electrons. The fourth-order valence-electron chi connectivity index (χ4n) is 4.44. The number of likely N-dealkylation sites (tertiary alicyclic amines) is 1. The molecule has 1 amide bonds. The molecule has 4 N–H and O–H groups in total. The number of benzene rings is 2. The van der Waals surface area contributed by atoms with E-state index >= 15 is 0 Å². The van der Waals surface area contributed by atoms with E-state index in [1.165, 1.54) is 6.07 Å². The van der Waals surface area contributed by atoms with Gasteiger partial charge in [-0.05, 0) is 48.9 Å². The number of nitrogens with two attached hydrogens (primary N) is 1. The minimum absolute atomic E-state index is 0.0462. The average Bonchev–Trinajstić information content (AvgIpc) is 2.77. The van der Waals surface area contributed by atoms with E-state index in [9.17, 15) is 15.0 Å².